The summed E-state index contributed by atoms with van der Waals surface area (Å²) in [6, 6.07) is 0.745. The molecule has 0 aliphatic rings. The van der Waals surface area contributed by atoms with Gasteiger partial charge in [-0.1, -0.05) is 13.8 Å². The molecule has 0 radical (unpaired) electrons. The molecular weight excluding hydrogens is 134 g/mol. The first-order valence-corrected chi connectivity index (χ1v) is 4.66. The maximum absolute atomic E-state index is 2.47. The van der Waals surface area contributed by atoms with E-state index in [2.05, 4.69) is 46.6 Å². The molecular formula is C10H23N. The Bertz CT molecular complexity index is 97.9. The van der Waals surface area contributed by atoms with E-state index in [1.165, 1.54) is 12.8 Å². The van der Waals surface area contributed by atoms with Crippen molar-refractivity contribution >= 4 is 0 Å². The van der Waals surface area contributed by atoms with Gasteiger partial charge in [-0.2, -0.15) is 0 Å². The highest BCUT2D eigenvalue weighted by Crippen LogP contribution is 2.17. The monoisotopic (exact) mass is 157 g/mol. The maximum atomic E-state index is 2.47. The van der Waals surface area contributed by atoms with Crippen LogP contribution in [0.15, 0.2) is 0 Å². The fraction of sp³-hybridized carbons (Fsp3) is 1.00. The molecule has 1 heteroatoms. The van der Waals surface area contributed by atoms with Crippen LogP contribution in [0.4, 0.5) is 0 Å². The predicted octanol–water partition coefficient (Wildman–Crippen LogP) is 2.91. The van der Waals surface area contributed by atoms with Crippen molar-refractivity contribution in [2.24, 2.45) is 0 Å². The molecule has 0 bridgehead atoms. The van der Waals surface area contributed by atoms with Gasteiger partial charge in [-0.05, 0) is 40.7 Å². The molecule has 0 heterocycles. The Morgan fingerprint density at radius 1 is 1.09 bits per heavy atom. The van der Waals surface area contributed by atoms with Gasteiger partial charge in [0.05, 0.1) is 0 Å². The SMILES string of the molecule is CCC(CC)N(C)C(C)(C)C. The lowest BCUT2D eigenvalue weighted by atomic mass is 10.0. The van der Waals surface area contributed by atoms with Crippen LogP contribution >= 0.6 is 0 Å². The molecule has 0 aliphatic heterocycles. The molecule has 0 aliphatic carbocycles. The van der Waals surface area contributed by atoms with Crippen LogP contribution in [-0.2, 0) is 0 Å². The third-order valence-electron chi connectivity index (χ3n) is 2.55. The molecule has 0 amide bonds. The third kappa shape index (κ3) is 3.24. The Morgan fingerprint density at radius 3 is 1.55 bits per heavy atom. The van der Waals surface area contributed by atoms with Crippen LogP contribution in [0, 0.1) is 0 Å². The molecule has 1 nitrogen and oxygen atoms in total. The van der Waals surface area contributed by atoms with E-state index in [0.717, 1.165) is 6.04 Å². The zero-order chi connectivity index (χ0) is 9.07. The minimum absolute atomic E-state index is 0.316. The molecule has 0 fully saturated rings. The van der Waals surface area contributed by atoms with E-state index in [4.69, 9.17) is 0 Å². The molecule has 0 aromatic carbocycles. The van der Waals surface area contributed by atoms with Gasteiger partial charge in [-0.25, -0.2) is 0 Å². The zero-order valence-corrected chi connectivity index (χ0v) is 8.94. The van der Waals surface area contributed by atoms with Crippen molar-refractivity contribution in [1.29, 1.82) is 0 Å². The predicted molar refractivity (Wildman–Crippen MR) is 51.9 cm³/mol. The van der Waals surface area contributed by atoms with E-state index in [0.29, 0.717) is 5.54 Å². The van der Waals surface area contributed by atoms with Crippen LogP contribution in [0.2, 0.25) is 0 Å². The Balaban J connectivity index is 4.09. The first-order chi connectivity index (χ1) is 4.93. The van der Waals surface area contributed by atoms with E-state index >= 15 is 0 Å². The molecule has 68 valence electrons. The van der Waals surface area contributed by atoms with Crippen molar-refractivity contribution in [2.45, 2.75) is 59.0 Å². The van der Waals surface area contributed by atoms with E-state index in [9.17, 15) is 0 Å². The third-order valence-corrected chi connectivity index (χ3v) is 2.55. The van der Waals surface area contributed by atoms with Gasteiger partial charge in [0.25, 0.3) is 0 Å². The van der Waals surface area contributed by atoms with Crippen molar-refractivity contribution in [2.75, 3.05) is 7.05 Å². The van der Waals surface area contributed by atoms with Gasteiger partial charge < -0.3 is 0 Å². The second kappa shape index (κ2) is 4.10. The van der Waals surface area contributed by atoms with Crippen molar-refractivity contribution < 1.29 is 0 Å². The summed E-state index contributed by atoms with van der Waals surface area (Å²) >= 11 is 0. The first-order valence-electron chi connectivity index (χ1n) is 4.66. The second-order valence-corrected chi connectivity index (χ2v) is 4.25. The van der Waals surface area contributed by atoms with E-state index in [-0.39, 0.29) is 0 Å². The highest BCUT2D eigenvalue weighted by Gasteiger charge is 2.22. The van der Waals surface area contributed by atoms with Crippen LogP contribution in [0.5, 0.6) is 0 Å². The molecule has 0 rings (SSSR count). The molecule has 11 heavy (non-hydrogen) atoms. The van der Waals surface area contributed by atoms with Crippen molar-refractivity contribution in [3.63, 3.8) is 0 Å². The quantitative estimate of drug-likeness (QED) is 0.609. The molecule has 0 aromatic rings. The van der Waals surface area contributed by atoms with E-state index in [1.807, 2.05) is 0 Å². The van der Waals surface area contributed by atoms with Gasteiger partial charge in [0.2, 0.25) is 0 Å². The molecule has 0 atom stereocenters. The number of hydrogen-bond acceptors (Lipinski definition) is 1. The zero-order valence-electron chi connectivity index (χ0n) is 8.94. The summed E-state index contributed by atoms with van der Waals surface area (Å²) in [7, 11) is 2.22. The number of hydrogen-bond donors (Lipinski definition) is 0. The molecule has 0 aromatic heterocycles. The first kappa shape index (κ1) is 11.0. The van der Waals surface area contributed by atoms with Gasteiger partial charge in [-0.15, -0.1) is 0 Å². The minimum atomic E-state index is 0.316. The van der Waals surface area contributed by atoms with Crippen LogP contribution in [0.25, 0.3) is 0 Å². The van der Waals surface area contributed by atoms with Gasteiger partial charge in [0.1, 0.15) is 0 Å². The topological polar surface area (TPSA) is 3.24 Å². The molecule has 0 saturated heterocycles. The normalized spacial score (nSPS) is 13.1. The Morgan fingerprint density at radius 2 is 1.45 bits per heavy atom. The fourth-order valence-corrected chi connectivity index (χ4v) is 1.38. The molecule has 0 saturated carbocycles. The molecule has 0 N–H and O–H groups in total. The largest absolute Gasteiger partial charge is 0.299 e. The average Bonchev–Trinajstić information content (AvgIpc) is 1.88. The highest BCUT2D eigenvalue weighted by molar-refractivity contribution is 4.78. The average molecular weight is 157 g/mol. The standard InChI is InChI=1S/C10H23N/c1-7-9(8-2)11(6)10(3,4)5/h9H,7-8H2,1-6H3. The van der Waals surface area contributed by atoms with E-state index in [1.54, 1.807) is 0 Å². The van der Waals surface area contributed by atoms with Crippen LogP contribution in [0.3, 0.4) is 0 Å². The number of rotatable bonds is 3. The summed E-state index contributed by atoms with van der Waals surface area (Å²) in [5, 5.41) is 0. The van der Waals surface area contributed by atoms with Gasteiger partial charge in [0, 0.05) is 11.6 Å². The van der Waals surface area contributed by atoms with Crippen LogP contribution in [-0.4, -0.2) is 23.5 Å². The van der Waals surface area contributed by atoms with Crippen molar-refractivity contribution in [3.05, 3.63) is 0 Å². The highest BCUT2D eigenvalue weighted by atomic mass is 15.2. The summed E-state index contributed by atoms with van der Waals surface area (Å²) in [5.74, 6) is 0. The lowest BCUT2D eigenvalue weighted by molar-refractivity contribution is 0.110. The summed E-state index contributed by atoms with van der Waals surface area (Å²) in [6.45, 7) is 11.3. The Kier molecular flexibility index (Phi) is 4.09. The van der Waals surface area contributed by atoms with E-state index < -0.39 is 0 Å². The fourth-order valence-electron chi connectivity index (χ4n) is 1.38. The van der Waals surface area contributed by atoms with Gasteiger partial charge in [-0.3, -0.25) is 4.90 Å². The number of nitrogens with zero attached hydrogens (tertiary/aromatic N) is 1. The Labute approximate surface area is 71.8 Å². The van der Waals surface area contributed by atoms with Crippen molar-refractivity contribution in [3.8, 4) is 0 Å². The van der Waals surface area contributed by atoms with Gasteiger partial charge >= 0.3 is 0 Å². The minimum Gasteiger partial charge on any atom is -0.299 e. The Hall–Kier alpha value is -0.0400. The molecule has 0 unspecified atom stereocenters. The smallest absolute Gasteiger partial charge is 0.0124 e. The molecule has 0 spiro atoms. The lowest BCUT2D eigenvalue weighted by Crippen LogP contribution is -2.44. The summed E-state index contributed by atoms with van der Waals surface area (Å²) in [6.07, 6.45) is 2.51. The van der Waals surface area contributed by atoms with Crippen LogP contribution in [0.1, 0.15) is 47.5 Å². The maximum Gasteiger partial charge on any atom is 0.0124 e. The van der Waals surface area contributed by atoms with Crippen LogP contribution < -0.4 is 0 Å². The second-order valence-electron chi connectivity index (χ2n) is 4.25. The summed E-state index contributed by atoms with van der Waals surface area (Å²) in [4.78, 5) is 2.47. The van der Waals surface area contributed by atoms with Crippen molar-refractivity contribution in [1.82, 2.24) is 4.90 Å². The van der Waals surface area contributed by atoms with Gasteiger partial charge in [0.15, 0.2) is 0 Å². The lowest BCUT2D eigenvalue weighted by Gasteiger charge is -2.38. The summed E-state index contributed by atoms with van der Waals surface area (Å²) < 4.78 is 0. The summed E-state index contributed by atoms with van der Waals surface area (Å²) in [5.41, 5.74) is 0.316.